The van der Waals surface area contributed by atoms with E-state index in [4.69, 9.17) is 5.10 Å². The van der Waals surface area contributed by atoms with Crippen LogP contribution in [0, 0.1) is 0 Å². The first-order chi connectivity index (χ1) is 9.95. The first-order valence-electron chi connectivity index (χ1n) is 8.48. The average Bonchev–Trinajstić information content (AvgIpc) is 2.89. The molecule has 2 heterocycles. The molecule has 1 aliphatic heterocycles. The van der Waals surface area contributed by atoms with Crippen LogP contribution >= 0.6 is 0 Å². The topological polar surface area (TPSA) is 33.1 Å². The predicted molar refractivity (Wildman–Crippen MR) is 88.4 cm³/mol. The molecule has 21 heavy (non-hydrogen) atoms. The number of piperazine rings is 1. The average molecular weight is 292 g/mol. The lowest BCUT2D eigenvalue weighted by Gasteiger charge is -2.44. The molecule has 1 saturated heterocycles. The second-order valence-corrected chi connectivity index (χ2v) is 7.16. The summed E-state index contributed by atoms with van der Waals surface area (Å²) in [5.41, 5.74) is 1.40. The molecule has 2 atom stereocenters. The summed E-state index contributed by atoms with van der Waals surface area (Å²) < 4.78 is 2.11. The van der Waals surface area contributed by atoms with E-state index in [1.807, 2.05) is 0 Å². The smallest absolute Gasteiger partial charge is 0.0765 e. The van der Waals surface area contributed by atoms with E-state index in [9.17, 15) is 0 Å². The van der Waals surface area contributed by atoms with Crippen LogP contribution in [0.3, 0.4) is 0 Å². The largest absolute Gasteiger partial charge is 0.309 e. The van der Waals surface area contributed by atoms with Gasteiger partial charge in [-0.05, 0) is 39.7 Å². The molecule has 120 valence electrons. The van der Waals surface area contributed by atoms with E-state index < -0.39 is 0 Å². The molecule has 1 N–H and O–H groups in total. The highest BCUT2D eigenvalue weighted by Crippen LogP contribution is 2.20. The summed E-state index contributed by atoms with van der Waals surface area (Å²) in [5, 5.41) is 8.45. The molecule has 1 aromatic heterocycles. The summed E-state index contributed by atoms with van der Waals surface area (Å²) in [4.78, 5) is 2.61. The molecule has 2 unspecified atom stereocenters. The van der Waals surface area contributed by atoms with Crippen molar-refractivity contribution in [1.29, 1.82) is 0 Å². The van der Waals surface area contributed by atoms with Crippen LogP contribution in [-0.4, -0.2) is 39.4 Å². The van der Waals surface area contributed by atoms with Crippen LogP contribution < -0.4 is 5.32 Å². The van der Waals surface area contributed by atoms with Crippen molar-refractivity contribution in [3.05, 3.63) is 18.0 Å². The van der Waals surface area contributed by atoms with Gasteiger partial charge in [-0.15, -0.1) is 0 Å². The molecule has 0 aliphatic carbocycles. The zero-order valence-electron chi connectivity index (χ0n) is 14.4. The Kier molecular flexibility index (Phi) is 5.44. The van der Waals surface area contributed by atoms with Gasteiger partial charge < -0.3 is 5.32 Å². The lowest BCUT2D eigenvalue weighted by atomic mass is 9.96. The zero-order chi connectivity index (χ0) is 15.5. The van der Waals surface area contributed by atoms with Crippen molar-refractivity contribution in [1.82, 2.24) is 20.0 Å². The number of hydrogen-bond acceptors (Lipinski definition) is 3. The van der Waals surface area contributed by atoms with E-state index in [0.717, 1.165) is 26.1 Å². The first-order valence-corrected chi connectivity index (χ1v) is 8.48. The lowest BCUT2D eigenvalue weighted by molar-refractivity contribution is 0.0812. The standard InChI is InChI=1S/C17H32N4/c1-6-8-16-11-18-17(4,5)13-20(16)12-15-9-10-21(19-15)14(3)7-2/h9-10,14,16,18H,6-8,11-13H2,1-5H3. The van der Waals surface area contributed by atoms with Crippen LogP contribution in [0.5, 0.6) is 0 Å². The van der Waals surface area contributed by atoms with E-state index in [0.29, 0.717) is 12.1 Å². The van der Waals surface area contributed by atoms with E-state index in [1.165, 1.54) is 18.5 Å². The third-order valence-electron chi connectivity index (χ3n) is 4.62. The molecule has 0 saturated carbocycles. The highest BCUT2D eigenvalue weighted by atomic mass is 15.3. The summed E-state index contributed by atoms with van der Waals surface area (Å²) in [6.07, 6.45) is 5.76. The fourth-order valence-electron chi connectivity index (χ4n) is 3.12. The fourth-order valence-corrected chi connectivity index (χ4v) is 3.12. The Hall–Kier alpha value is -0.870. The van der Waals surface area contributed by atoms with E-state index in [2.05, 4.69) is 61.8 Å². The molecular formula is C17H32N4. The van der Waals surface area contributed by atoms with Crippen molar-refractivity contribution >= 4 is 0 Å². The van der Waals surface area contributed by atoms with E-state index in [1.54, 1.807) is 0 Å². The Morgan fingerprint density at radius 1 is 1.43 bits per heavy atom. The van der Waals surface area contributed by atoms with Gasteiger partial charge in [-0.25, -0.2) is 0 Å². The SMILES string of the molecule is CCCC1CNC(C)(C)CN1Cc1ccn(C(C)CC)n1. The molecule has 1 aliphatic rings. The third-order valence-corrected chi connectivity index (χ3v) is 4.62. The van der Waals surface area contributed by atoms with Crippen molar-refractivity contribution in [3.63, 3.8) is 0 Å². The minimum Gasteiger partial charge on any atom is -0.309 e. The molecule has 4 nitrogen and oxygen atoms in total. The van der Waals surface area contributed by atoms with Crippen molar-refractivity contribution in [2.75, 3.05) is 13.1 Å². The summed E-state index contributed by atoms with van der Waals surface area (Å²) in [6, 6.07) is 3.31. The van der Waals surface area contributed by atoms with Gasteiger partial charge >= 0.3 is 0 Å². The Bertz CT molecular complexity index is 438. The molecule has 4 heteroatoms. The van der Waals surface area contributed by atoms with Gasteiger partial charge in [0.05, 0.1) is 5.69 Å². The normalized spacial score (nSPS) is 24.1. The number of aromatic nitrogens is 2. The molecule has 1 fully saturated rings. The Morgan fingerprint density at radius 2 is 2.19 bits per heavy atom. The van der Waals surface area contributed by atoms with E-state index >= 15 is 0 Å². The third kappa shape index (κ3) is 4.30. The number of nitrogens with one attached hydrogen (secondary N) is 1. The van der Waals surface area contributed by atoms with Gasteiger partial charge in [0.15, 0.2) is 0 Å². The lowest BCUT2D eigenvalue weighted by Crippen LogP contribution is -2.61. The van der Waals surface area contributed by atoms with Crippen molar-refractivity contribution in [2.24, 2.45) is 0 Å². The number of rotatable bonds is 6. The van der Waals surface area contributed by atoms with Gasteiger partial charge in [-0.2, -0.15) is 5.10 Å². The monoisotopic (exact) mass is 292 g/mol. The summed E-state index contributed by atoms with van der Waals surface area (Å²) in [7, 11) is 0. The number of hydrogen-bond donors (Lipinski definition) is 1. The maximum absolute atomic E-state index is 4.77. The highest BCUT2D eigenvalue weighted by molar-refractivity contribution is 5.02. The van der Waals surface area contributed by atoms with Gasteiger partial charge in [-0.3, -0.25) is 9.58 Å². The molecule has 0 bridgehead atoms. The minimum atomic E-state index is 0.198. The molecule has 0 aromatic carbocycles. The van der Waals surface area contributed by atoms with Gasteiger partial charge in [0, 0.05) is 43.5 Å². The first kappa shape index (κ1) is 16.5. The van der Waals surface area contributed by atoms with Crippen LogP contribution in [0.2, 0.25) is 0 Å². The van der Waals surface area contributed by atoms with Gasteiger partial charge in [0.1, 0.15) is 0 Å². The summed E-state index contributed by atoms with van der Waals surface area (Å²) in [6.45, 7) is 14.4. The molecule has 1 aromatic rings. The van der Waals surface area contributed by atoms with E-state index in [-0.39, 0.29) is 5.54 Å². The quantitative estimate of drug-likeness (QED) is 0.874. The minimum absolute atomic E-state index is 0.198. The van der Waals surface area contributed by atoms with Gasteiger partial charge in [0.25, 0.3) is 0 Å². The fraction of sp³-hybridized carbons (Fsp3) is 0.824. The molecule has 0 spiro atoms. The molecule has 2 rings (SSSR count). The summed E-state index contributed by atoms with van der Waals surface area (Å²) >= 11 is 0. The summed E-state index contributed by atoms with van der Waals surface area (Å²) in [5.74, 6) is 0. The van der Waals surface area contributed by atoms with Gasteiger partial charge in [0.2, 0.25) is 0 Å². The molecule has 0 amide bonds. The molecular weight excluding hydrogens is 260 g/mol. The second kappa shape index (κ2) is 6.93. The zero-order valence-corrected chi connectivity index (χ0v) is 14.4. The second-order valence-electron chi connectivity index (χ2n) is 7.16. The van der Waals surface area contributed by atoms with Crippen molar-refractivity contribution < 1.29 is 0 Å². The maximum atomic E-state index is 4.77. The Morgan fingerprint density at radius 3 is 2.86 bits per heavy atom. The van der Waals surface area contributed by atoms with Crippen LogP contribution in [0.25, 0.3) is 0 Å². The van der Waals surface area contributed by atoms with Gasteiger partial charge in [-0.1, -0.05) is 20.3 Å². The van der Waals surface area contributed by atoms with Crippen LogP contribution in [0.15, 0.2) is 12.3 Å². The van der Waals surface area contributed by atoms with Crippen LogP contribution in [0.4, 0.5) is 0 Å². The number of nitrogens with zero attached hydrogens (tertiary/aromatic N) is 3. The maximum Gasteiger partial charge on any atom is 0.0765 e. The highest BCUT2D eigenvalue weighted by Gasteiger charge is 2.32. The predicted octanol–water partition coefficient (Wildman–Crippen LogP) is 3.21. The Balaban J connectivity index is 2.05. The molecule has 0 radical (unpaired) electrons. The van der Waals surface area contributed by atoms with Crippen molar-refractivity contribution in [2.45, 2.75) is 78.0 Å². The Labute approximate surface area is 129 Å². The van der Waals surface area contributed by atoms with Crippen molar-refractivity contribution in [3.8, 4) is 0 Å². The van der Waals surface area contributed by atoms with Crippen LogP contribution in [-0.2, 0) is 6.54 Å². The van der Waals surface area contributed by atoms with Crippen LogP contribution in [0.1, 0.15) is 65.6 Å².